The minimum atomic E-state index is 0.453. The molecule has 0 fully saturated rings. The van der Waals surface area contributed by atoms with Gasteiger partial charge in [-0.15, -0.1) is 0 Å². The fourth-order valence-electron chi connectivity index (χ4n) is 1.77. The van der Waals surface area contributed by atoms with Crippen molar-refractivity contribution in [1.29, 1.82) is 0 Å². The molecule has 1 atom stereocenters. The van der Waals surface area contributed by atoms with Gasteiger partial charge in [0.25, 0.3) is 0 Å². The topological polar surface area (TPSA) is 12.4 Å². The van der Waals surface area contributed by atoms with Crippen LogP contribution in [0, 0.1) is 13.8 Å². The van der Waals surface area contributed by atoms with Crippen molar-refractivity contribution in [2.24, 2.45) is 4.99 Å². The monoisotopic (exact) mass is 173 g/mol. The second-order valence-electron chi connectivity index (χ2n) is 3.97. The van der Waals surface area contributed by atoms with E-state index >= 15 is 0 Å². The molecule has 1 nitrogen and oxygen atoms in total. The lowest BCUT2D eigenvalue weighted by atomic mass is 9.94. The molecule has 68 valence electrons. The van der Waals surface area contributed by atoms with Crippen LogP contribution in [-0.4, -0.2) is 12.3 Å². The molecule has 13 heavy (non-hydrogen) atoms. The van der Waals surface area contributed by atoms with Crippen LogP contribution < -0.4 is 0 Å². The molecule has 0 spiro atoms. The average molecular weight is 173 g/mol. The molecular weight excluding hydrogens is 158 g/mol. The van der Waals surface area contributed by atoms with Crippen LogP contribution >= 0.6 is 0 Å². The van der Waals surface area contributed by atoms with Crippen LogP contribution in [0.5, 0.6) is 0 Å². The molecule has 0 N–H and O–H groups in total. The first kappa shape index (κ1) is 8.49. The minimum Gasteiger partial charge on any atom is -0.289 e. The molecule has 1 aromatic rings. The predicted octanol–water partition coefficient (Wildman–Crippen LogP) is 2.67. The molecule has 1 aromatic carbocycles. The second-order valence-corrected chi connectivity index (χ2v) is 3.97. The first-order valence-corrected chi connectivity index (χ1v) is 4.80. The second kappa shape index (κ2) is 2.99. The summed E-state index contributed by atoms with van der Waals surface area (Å²) in [5, 5.41) is 0. The van der Waals surface area contributed by atoms with Crippen molar-refractivity contribution >= 4 is 6.21 Å². The van der Waals surface area contributed by atoms with Crippen molar-refractivity contribution in [3.8, 4) is 0 Å². The summed E-state index contributed by atoms with van der Waals surface area (Å²) in [6.45, 7) is 6.49. The van der Waals surface area contributed by atoms with Gasteiger partial charge in [-0.2, -0.15) is 0 Å². The van der Waals surface area contributed by atoms with E-state index in [1.165, 1.54) is 22.3 Å². The highest BCUT2D eigenvalue weighted by Crippen LogP contribution is 2.20. The van der Waals surface area contributed by atoms with Crippen molar-refractivity contribution in [2.75, 3.05) is 0 Å². The molecule has 2 rings (SSSR count). The van der Waals surface area contributed by atoms with E-state index in [9.17, 15) is 0 Å². The summed E-state index contributed by atoms with van der Waals surface area (Å²) in [4.78, 5) is 4.42. The van der Waals surface area contributed by atoms with Crippen LogP contribution in [0.15, 0.2) is 17.1 Å². The van der Waals surface area contributed by atoms with Crippen molar-refractivity contribution in [3.63, 3.8) is 0 Å². The number of aliphatic imine (C=N–C) groups is 1. The largest absolute Gasteiger partial charge is 0.289 e. The molecular formula is C12H15N. The molecule has 1 heteroatoms. The van der Waals surface area contributed by atoms with Gasteiger partial charge in [0.05, 0.1) is 6.04 Å². The van der Waals surface area contributed by atoms with Crippen molar-refractivity contribution in [3.05, 3.63) is 34.4 Å². The van der Waals surface area contributed by atoms with Crippen LogP contribution in [0.2, 0.25) is 0 Å². The summed E-state index contributed by atoms with van der Waals surface area (Å²) in [6.07, 6.45) is 3.10. The van der Waals surface area contributed by atoms with E-state index in [-0.39, 0.29) is 0 Å². The Bertz CT molecular complexity index is 364. The molecule has 0 aliphatic carbocycles. The maximum Gasteiger partial charge on any atom is 0.0512 e. The van der Waals surface area contributed by atoms with Gasteiger partial charge in [-0.3, -0.25) is 4.99 Å². The van der Waals surface area contributed by atoms with Crippen LogP contribution in [0.4, 0.5) is 0 Å². The van der Waals surface area contributed by atoms with E-state index < -0.39 is 0 Å². The number of fused-ring (bicyclic) bond motifs is 1. The number of benzene rings is 1. The highest BCUT2D eigenvalue weighted by molar-refractivity contribution is 5.83. The van der Waals surface area contributed by atoms with Gasteiger partial charge in [-0.05, 0) is 55.5 Å². The summed E-state index contributed by atoms with van der Waals surface area (Å²) >= 11 is 0. The third kappa shape index (κ3) is 1.51. The van der Waals surface area contributed by atoms with Crippen LogP contribution in [0.3, 0.4) is 0 Å². The van der Waals surface area contributed by atoms with Gasteiger partial charge in [0, 0.05) is 6.21 Å². The van der Waals surface area contributed by atoms with Gasteiger partial charge in [-0.25, -0.2) is 0 Å². The summed E-state index contributed by atoms with van der Waals surface area (Å²) in [7, 11) is 0. The lowest BCUT2D eigenvalue weighted by molar-refractivity contribution is 0.731. The standard InChI is InChI=1S/C12H15N/c1-8-4-11-6-10(3)13-7-12(11)5-9(8)2/h4-5,7,10H,6H2,1-3H3. The van der Waals surface area contributed by atoms with Gasteiger partial charge >= 0.3 is 0 Å². The van der Waals surface area contributed by atoms with Gasteiger partial charge in [-0.1, -0.05) is 6.07 Å². The van der Waals surface area contributed by atoms with Gasteiger partial charge in [0.15, 0.2) is 0 Å². The van der Waals surface area contributed by atoms with Crippen molar-refractivity contribution in [2.45, 2.75) is 33.2 Å². The Morgan fingerprint density at radius 1 is 1.23 bits per heavy atom. The summed E-state index contributed by atoms with van der Waals surface area (Å²) in [5.74, 6) is 0. The van der Waals surface area contributed by atoms with E-state index in [4.69, 9.17) is 0 Å². The van der Waals surface area contributed by atoms with E-state index in [0.29, 0.717) is 6.04 Å². The zero-order valence-corrected chi connectivity index (χ0v) is 8.46. The molecule has 0 saturated heterocycles. The average Bonchev–Trinajstić information content (AvgIpc) is 2.08. The zero-order valence-electron chi connectivity index (χ0n) is 8.46. The smallest absolute Gasteiger partial charge is 0.0512 e. The Balaban J connectivity index is 2.52. The lowest BCUT2D eigenvalue weighted by Crippen LogP contribution is -2.12. The Hall–Kier alpha value is -1.11. The van der Waals surface area contributed by atoms with Gasteiger partial charge < -0.3 is 0 Å². The molecule has 1 unspecified atom stereocenters. The van der Waals surface area contributed by atoms with E-state index in [1.807, 2.05) is 6.21 Å². The molecule has 0 saturated carbocycles. The maximum absolute atomic E-state index is 4.42. The Morgan fingerprint density at radius 3 is 2.69 bits per heavy atom. The van der Waals surface area contributed by atoms with Crippen LogP contribution in [0.1, 0.15) is 29.2 Å². The zero-order chi connectivity index (χ0) is 9.42. The number of hydrogen-bond donors (Lipinski definition) is 0. The number of nitrogens with zero attached hydrogens (tertiary/aromatic N) is 1. The third-order valence-electron chi connectivity index (χ3n) is 2.74. The fourth-order valence-corrected chi connectivity index (χ4v) is 1.77. The Kier molecular flexibility index (Phi) is 1.95. The lowest BCUT2D eigenvalue weighted by Gasteiger charge is -2.16. The predicted molar refractivity (Wildman–Crippen MR) is 56.7 cm³/mol. The molecule has 0 bridgehead atoms. The highest BCUT2D eigenvalue weighted by Gasteiger charge is 2.11. The summed E-state index contributed by atoms with van der Waals surface area (Å²) in [6, 6.07) is 4.99. The molecule has 1 aliphatic heterocycles. The molecule has 0 aromatic heterocycles. The molecule has 0 radical (unpaired) electrons. The molecule has 0 amide bonds. The first-order chi connectivity index (χ1) is 6.16. The third-order valence-corrected chi connectivity index (χ3v) is 2.74. The SMILES string of the molecule is Cc1cc2c(cc1C)CC(C)N=C2. The molecule has 1 aliphatic rings. The highest BCUT2D eigenvalue weighted by atomic mass is 14.8. The fraction of sp³-hybridized carbons (Fsp3) is 0.417. The molecule has 1 heterocycles. The number of aryl methyl sites for hydroxylation is 2. The van der Waals surface area contributed by atoms with Gasteiger partial charge in [0.1, 0.15) is 0 Å². The maximum atomic E-state index is 4.42. The number of rotatable bonds is 0. The Morgan fingerprint density at radius 2 is 1.92 bits per heavy atom. The van der Waals surface area contributed by atoms with Crippen LogP contribution in [0.25, 0.3) is 0 Å². The Labute approximate surface area is 79.5 Å². The van der Waals surface area contributed by atoms with E-state index in [1.54, 1.807) is 0 Å². The number of hydrogen-bond acceptors (Lipinski definition) is 1. The first-order valence-electron chi connectivity index (χ1n) is 4.80. The quantitative estimate of drug-likeness (QED) is 0.572. The van der Waals surface area contributed by atoms with E-state index in [2.05, 4.69) is 37.9 Å². The minimum absolute atomic E-state index is 0.453. The summed E-state index contributed by atoms with van der Waals surface area (Å²) < 4.78 is 0. The van der Waals surface area contributed by atoms with E-state index in [0.717, 1.165) is 6.42 Å². The van der Waals surface area contributed by atoms with Crippen molar-refractivity contribution in [1.82, 2.24) is 0 Å². The van der Waals surface area contributed by atoms with Crippen molar-refractivity contribution < 1.29 is 0 Å². The van der Waals surface area contributed by atoms with Crippen LogP contribution in [-0.2, 0) is 6.42 Å². The normalized spacial score (nSPS) is 20.1. The van der Waals surface area contributed by atoms with Gasteiger partial charge in [0.2, 0.25) is 0 Å². The summed E-state index contributed by atoms with van der Waals surface area (Å²) in [5.41, 5.74) is 5.51.